The molecule has 126 valence electrons. The number of nitrogens with one attached hydrogen (secondary N) is 1. The van der Waals surface area contributed by atoms with E-state index in [1.54, 1.807) is 18.4 Å². The molecule has 0 saturated heterocycles. The van der Waals surface area contributed by atoms with Crippen LogP contribution in [0.3, 0.4) is 0 Å². The van der Waals surface area contributed by atoms with Crippen molar-refractivity contribution in [3.8, 4) is 11.6 Å². The van der Waals surface area contributed by atoms with Crippen LogP contribution >= 0.6 is 0 Å². The van der Waals surface area contributed by atoms with E-state index in [0.717, 1.165) is 17.8 Å². The Morgan fingerprint density at radius 1 is 1.25 bits per heavy atom. The number of nitrogens with zero attached hydrogens (tertiary/aromatic N) is 3. The maximum atomic E-state index is 12.0. The summed E-state index contributed by atoms with van der Waals surface area (Å²) < 4.78 is 12.4. The van der Waals surface area contributed by atoms with Crippen molar-refractivity contribution < 1.29 is 13.7 Å². The summed E-state index contributed by atoms with van der Waals surface area (Å²) in [5.41, 5.74) is 2.16. The normalized spacial score (nSPS) is 10.9. The van der Waals surface area contributed by atoms with E-state index in [9.17, 15) is 4.79 Å². The molecule has 0 radical (unpaired) electrons. The van der Waals surface area contributed by atoms with Gasteiger partial charge in [-0.3, -0.25) is 4.79 Å². The van der Waals surface area contributed by atoms with E-state index in [1.165, 1.54) is 0 Å². The van der Waals surface area contributed by atoms with Crippen LogP contribution in [-0.2, 0) is 17.8 Å². The molecule has 1 amide bonds. The second-order valence-corrected chi connectivity index (χ2v) is 5.64. The highest BCUT2D eigenvalue weighted by Gasteiger charge is 2.11. The zero-order valence-corrected chi connectivity index (χ0v) is 13.8. The minimum atomic E-state index is -0.000737. The van der Waals surface area contributed by atoms with Crippen LogP contribution in [0.1, 0.15) is 23.7 Å². The molecule has 3 rings (SSSR count). The lowest BCUT2D eigenvalue weighted by molar-refractivity contribution is -0.121. The molecule has 3 aromatic rings. The predicted molar refractivity (Wildman–Crippen MR) is 87.2 cm³/mol. The minimum absolute atomic E-state index is 0.000737. The Kier molecular flexibility index (Phi) is 4.79. The molecular formula is C17H20N4O3. The second-order valence-electron chi connectivity index (χ2n) is 5.64. The van der Waals surface area contributed by atoms with Crippen LogP contribution in [0.5, 0.6) is 0 Å². The van der Waals surface area contributed by atoms with Gasteiger partial charge in [0, 0.05) is 24.4 Å². The molecule has 7 heteroatoms. The number of rotatable bonds is 7. The molecule has 24 heavy (non-hydrogen) atoms. The van der Waals surface area contributed by atoms with Crippen molar-refractivity contribution in [1.82, 2.24) is 20.0 Å². The van der Waals surface area contributed by atoms with Crippen molar-refractivity contribution in [2.24, 2.45) is 0 Å². The van der Waals surface area contributed by atoms with E-state index < -0.39 is 0 Å². The van der Waals surface area contributed by atoms with Gasteiger partial charge in [-0.15, -0.1) is 0 Å². The summed E-state index contributed by atoms with van der Waals surface area (Å²) in [4.78, 5) is 16.3. The molecule has 7 nitrogen and oxygen atoms in total. The number of amides is 1. The summed E-state index contributed by atoms with van der Waals surface area (Å²) in [6, 6.07) is 7.57. The van der Waals surface area contributed by atoms with Crippen LogP contribution in [0.25, 0.3) is 11.6 Å². The van der Waals surface area contributed by atoms with Gasteiger partial charge in [-0.2, -0.15) is 4.98 Å². The van der Waals surface area contributed by atoms with Gasteiger partial charge < -0.3 is 18.8 Å². The average Bonchev–Trinajstić information content (AvgIpc) is 3.29. The Bertz CT molecular complexity index is 782. The van der Waals surface area contributed by atoms with E-state index in [2.05, 4.69) is 15.5 Å². The van der Waals surface area contributed by atoms with Crippen molar-refractivity contribution >= 4 is 5.91 Å². The molecule has 0 saturated carbocycles. The standard InChI is InChI=1S/C17H20N4O3/c1-12-7-8-13(2)21(12)11-15(22)18-9-3-6-16-19-17(20-24-16)14-5-4-10-23-14/h4-5,7-8,10H,3,6,9,11H2,1-2H3,(H,18,22). The summed E-state index contributed by atoms with van der Waals surface area (Å²) in [6.07, 6.45) is 2.90. The fraction of sp³-hybridized carbons (Fsp3) is 0.353. The molecule has 0 atom stereocenters. The summed E-state index contributed by atoms with van der Waals surface area (Å²) in [5.74, 6) is 1.56. The van der Waals surface area contributed by atoms with Crippen LogP contribution in [0.4, 0.5) is 0 Å². The first-order valence-electron chi connectivity index (χ1n) is 7.89. The largest absolute Gasteiger partial charge is 0.461 e. The Morgan fingerprint density at radius 2 is 2.04 bits per heavy atom. The number of hydrogen-bond acceptors (Lipinski definition) is 5. The number of hydrogen-bond donors (Lipinski definition) is 1. The molecule has 0 aliphatic heterocycles. The Balaban J connectivity index is 1.42. The fourth-order valence-corrected chi connectivity index (χ4v) is 2.48. The van der Waals surface area contributed by atoms with Gasteiger partial charge in [0.2, 0.25) is 17.6 Å². The Labute approximate surface area is 139 Å². The van der Waals surface area contributed by atoms with Gasteiger partial charge in [-0.25, -0.2) is 0 Å². The maximum Gasteiger partial charge on any atom is 0.239 e. The zero-order chi connectivity index (χ0) is 16.9. The smallest absolute Gasteiger partial charge is 0.239 e. The zero-order valence-electron chi connectivity index (χ0n) is 13.8. The molecule has 0 aliphatic carbocycles. The molecule has 3 aromatic heterocycles. The molecule has 1 N–H and O–H groups in total. The first-order chi connectivity index (χ1) is 11.6. The molecule has 0 fully saturated rings. The van der Waals surface area contributed by atoms with Crippen LogP contribution in [0.2, 0.25) is 0 Å². The molecule has 0 spiro atoms. The molecule has 0 unspecified atom stereocenters. The molecule has 0 aromatic carbocycles. The minimum Gasteiger partial charge on any atom is -0.461 e. The highest BCUT2D eigenvalue weighted by Crippen LogP contribution is 2.16. The highest BCUT2D eigenvalue weighted by molar-refractivity contribution is 5.75. The third-order valence-electron chi connectivity index (χ3n) is 3.82. The van der Waals surface area contributed by atoms with Crippen molar-refractivity contribution in [3.63, 3.8) is 0 Å². The predicted octanol–water partition coefficient (Wildman–Crippen LogP) is 2.50. The van der Waals surface area contributed by atoms with Gasteiger partial charge in [0.15, 0.2) is 5.76 Å². The summed E-state index contributed by atoms with van der Waals surface area (Å²) in [7, 11) is 0. The first-order valence-corrected chi connectivity index (χ1v) is 7.89. The number of carbonyl (C=O) groups is 1. The van der Waals surface area contributed by atoms with Crippen molar-refractivity contribution in [3.05, 3.63) is 47.8 Å². The average molecular weight is 328 g/mol. The molecule has 3 heterocycles. The lowest BCUT2D eigenvalue weighted by atomic mass is 10.3. The third-order valence-corrected chi connectivity index (χ3v) is 3.82. The first kappa shape index (κ1) is 16.0. The van der Waals surface area contributed by atoms with E-state index in [0.29, 0.717) is 37.0 Å². The lowest BCUT2D eigenvalue weighted by Gasteiger charge is -2.09. The van der Waals surface area contributed by atoms with Gasteiger partial charge in [-0.05, 0) is 44.5 Å². The van der Waals surface area contributed by atoms with Crippen molar-refractivity contribution in [1.29, 1.82) is 0 Å². The number of furan rings is 1. The van der Waals surface area contributed by atoms with Crippen LogP contribution in [0, 0.1) is 13.8 Å². The van der Waals surface area contributed by atoms with Crippen LogP contribution in [-0.4, -0.2) is 27.2 Å². The summed E-state index contributed by atoms with van der Waals surface area (Å²) >= 11 is 0. The maximum absolute atomic E-state index is 12.0. The van der Waals surface area contributed by atoms with Crippen molar-refractivity contribution in [2.45, 2.75) is 33.2 Å². The molecule has 0 bridgehead atoms. The topological polar surface area (TPSA) is 86.1 Å². The fourth-order valence-electron chi connectivity index (χ4n) is 2.48. The van der Waals surface area contributed by atoms with E-state index in [4.69, 9.17) is 8.94 Å². The summed E-state index contributed by atoms with van der Waals surface area (Å²) in [6.45, 7) is 4.89. The third kappa shape index (κ3) is 3.73. The van der Waals surface area contributed by atoms with Crippen molar-refractivity contribution in [2.75, 3.05) is 6.54 Å². The van der Waals surface area contributed by atoms with Crippen LogP contribution < -0.4 is 5.32 Å². The Hall–Kier alpha value is -2.83. The quantitative estimate of drug-likeness (QED) is 0.673. The van der Waals surface area contributed by atoms with E-state index >= 15 is 0 Å². The van der Waals surface area contributed by atoms with Crippen LogP contribution in [0.15, 0.2) is 39.5 Å². The van der Waals surface area contributed by atoms with E-state index in [-0.39, 0.29) is 5.91 Å². The number of carbonyl (C=O) groups excluding carboxylic acids is 1. The number of aryl methyl sites for hydroxylation is 3. The van der Waals surface area contributed by atoms with Gasteiger partial charge in [-0.1, -0.05) is 5.16 Å². The Morgan fingerprint density at radius 3 is 2.75 bits per heavy atom. The number of aromatic nitrogens is 3. The summed E-state index contributed by atoms with van der Waals surface area (Å²) in [5, 5.41) is 6.78. The molecule has 0 aliphatic rings. The monoisotopic (exact) mass is 328 g/mol. The van der Waals surface area contributed by atoms with Gasteiger partial charge >= 0.3 is 0 Å². The lowest BCUT2D eigenvalue weighted by Crippen LogP contribution is -2.29. The SMILES string of the molecule is Cc1ccc(C)n1CC(=O)NCCCc1nc(-c2ccco2)no1. The molecular weight excluding hydrogens is 308 g/mol. The van der Waals surface area contributed by atoms with Gasteiger partial charge in [0.1, 0.15) is 6.54 Å². The van der Waals surface area contributed by atoms with Gasteiger partial charge in [0.25, 0.3) is 0 Å². The second kappa shape index (κ2) is 7.16. The van der Waals surface area contributed by atoms with E-state index in [1.807, 2.05) is 30.5 Å². The highest BCUT2D eigenvalue weighted by atomic mass is 16.5. The van der Waals surface area contributed by atoms with Gasteiger partial charge in [0.05, 0.1) is 6.26 Å².